The number of hydrogen-bond acceptors (Lipinski definition) is 7. The summed E-state index contributed by atoms with van der Waals surface area (Å²) >= 11 is 0. The molecule has 0 aliphatic carbocycles. The number of aliphatic hydroxyl groups is 1. The van der Waals surface area contributed by atoms with Crippen LogP contribution in [0.5, 0.6) is 6.01 Å². The molecule has 2 N–H and O–H groups in total. The second-order valence-electron chi connectivity index (χ2n) is 5.13. The second-order valence-corrected chi connectivity index (χ2v) is 5.13. The maximum absolute atomic E-state index is 9.55. The molecule has 21 heavy (non-hydrogen) atoms. The lowest BCUT2D eigenvalue weighted by atomic mass is 10.0. The molecule has 118 valence electrons. The summed E-state index contributed by atoms with van der Waals surface area (Å²) in [7, 11) is 0. The maximum Gasteiger partial charge on any atom is 0.323 e. The number of hydrogen-bond donors (Lipinski definition) is 2. The summed E-state index contributed by atoms with van der Waals surface area (Å²) in [6.45, 7) is 6.28. The summed E-state index contributed by atoms with van der Waals surface area (Å²) in [4.78, 5) is 15.2. The lowest BCUT2D eigenvalue weighted by Crippen LogP contribution is -2.43. The third-order valence-electron chi connectivity index (χ3n) is 3.50. The Morgan fingerprint density at radius 3 is 2.86 bits per heavy atom. The molecule has 0 saturated carbocycles. The highest BCUT2D eigenvalue weighted by molar-refractivity contribution is 5.40. The monoisotopic (exact) mass is 295 g/mol. The normalized spacial score (nSPS) is 18.6. The van der Waals surface area contributed by atoms with Crippen molar-refractivity contribution in [1.29, 1.82) is 0 Å². The van der Waals surface area contributed by atoms with Gasteiger partial charge in [0.25, 0.3) is 0 Å². The van der Waals surface area contributed by atoms with Crippen LogP contribution in [0.1, 0.15) is 39.5 Å². The second kappa shape index (κ2) is 7.97. The highest BCUT2D eigenvalue weighted by Gasteiger charge is 2.25. The van der Waals surface area contributed by atoms with Gasteiger partial charge in [-0.05, 0) is 32.6 Å². The van der Waals surface area contributed by atoms with Crippen molar-refractivity contribution in [3.05, 3.63) is 0 Å². The first-order chi connectivity index (χ1) is 10.3. The van der Waals surface area contributed by atoms with Crippen LogP contribution >= 0.6 is 0 Å². The number of anilines is 2. The fraction of sp³-hybridized carbons (Fsp3) is 0.786. The molecule has 0 amide bonds. The van der Waals surface area contributed by atoms with Gasteiger partial charge in [0.15, 0.2) is 0 Å². The number of piperidine rings is 1. The molecule has 2 heterocycles. The predicted molar refractivity (Wildman–Crippen MR) is 81.8 cm³/mol. The van der Waals surface area contributed by atoms with E-state index in [9.17, 15) is 5.11 Å². The van der Waals surface area contributed by atoms with Crippen LogP contribution in [-0.2, 0) is 0 Å². The van der Waals surface area contributed by atoms with Gasteiger partial charge in [0.1, 0.15) is 0 Å². The molecule has 1 fully saturated rings. The quantitative estimate of drug-likeness (QED) is 0.787. The first kappa shape index (κ1) is 15.8. The molecule has 1 aromatic rings. The van der Waals surface area contributed by atoms with E-state index in [1.54, 1.807) is 0 Å². The maximum atomic E-state index is 9.55. The van der Waals surface area contributed by atoms with Crippen LogP contribution in [0.2, 0.25) is 0 Å². The van der Waals surface area contributed by atoms with E-state index in [2.05, 4.69) is 32.1 Å². The van der Waals surface area contributed by atoms with Crippen molar-refractivity contribution in [3.63, 3.8) is 0 Å². The Kier molecular flexibility index (Phi) is 5.98. The van der Waals surface area contributed by atoms with E-state index >= 15 is 0 Å². The lowest BCUT2D eigenvalue weighted by Gasteiger charge is -2.34. The number of nitrogens with one attached hydrogen (secondary N) is 1. The Hall–Kier alpha value is -1.63. The van der Waals surface area contributed by atoms with Crippen molar-refractivity contribution in [2.24, 2.45) is 0 Å². The average Bonchev–Trinajstić information content (AvgIpc) is 2.53. The van der Waals surface area contributed by atoms with Gasteiger partial charge < -0.3 is 20.1 Å². The van der Waals surface area contributed by atoms with Crippen molar-refractivity contribution in [2.45, 2.75) is 45.6 Å². The van der Waals surface area contributed by atoms with E-state index in [4.69, 9.17) is 4.74 Å². The molecule has 1 unspecified atom stereocenters. The summed E-state index contributed by atoms with van der Waals surface area (Å²) in [5.41, 5.74) is 0. The zero-order valence-electron chi connectivity index (χ0n) is 12.9. The molecular formula is C14H25N5O2. The highest BCUT2D eigenvalue weighted by atomic mass is 16.5. The molecule has 0 radical (unpaired) electrons. The van der Waals surface area contributed by atoms with Gasteiger partial charge >= 0.3 is 6.01 Å². The summed E-state index contributed by atoms with van der Waals surface area (Å²) in [5.74, 6) is 1.12. The summed E-state index contributed by atoms with van der Waals surface area (Å²) in [6.07, 6.45) is 4.17. The minimum Gasteiger partial charge on any atom is -0.464 e. The minimum absolute atomic E-state index is 0.0784. The van der Waals surface area contributed by atoms with Gasteiger partial charge in [-0.1, -0.05) is 6.92 Å². The van der Waals surface area contributed by atoms with Gasteiger partial charge in [-0.25, -0.2) is 0 Å². The third-order valence-corrected chi connectivity index (χ3v) is 3.50. The fourth-order valence-corrected chi connectivity index (χ4v) is 2.44. The van der Waals surface area contributed by atoms with E-state index in [-0.39, 0.29) is 12.6 Å². The van der Waals surface area contributed by atoms with Crippen LogP contribution in [0.3, 0.4) is 0 Å². The van der Waals surface area contributed by atoms with Crippen LogP contribution in [0.25, 0.3) is 0 Å². The van der Waals surface area contributed by atoms with Crippen molar-refractivity contribution in [3.8, 4) is 6.01 Å². The van der Waals surface area contributed by atoms with Gasteiger partial charge in [0, 0.05) is 13.1 Å². The highest BCUT2D eigenvalue weighted by Crippen LogP contribution is 2.23. The Bertz CT molecular complexity index is 443. The number of aromatic nitrogens is 3. The van der Waals surface area contributed by atoms with Gasteiger partial charge in [0.05, 0.1) is 19.3 Å². The zero-order chi connectivity index (χ0) is 15.1. The molecule has 2 rings (SSSR count). The van der Waals surface area contributed by atoms with Crippen molar-refractivity contribution in [2.75, 3.05) is 36.5 Å². The molecule has 1 saturated heterocycles. The van der Waals surface area contributed by atoms with Crippen LogP contribution in [0.4, 0.5) is 11.9 Å². The molecule has 0 spiro atoms. The molecule has 7 nitrogen and oxygen atoms in total. The SMILES string of the molecule is CCCNc1nc(OCC)nc(N2CCCCC2CO)n1. The van der Waals surface area contributed by atoms with Gasteiger partial charge in [-0.2, -0.15) is 15.0 Å². The number of ether oxygens (including phenoxy) is 1. The van der Waals surface area contributed by atoms with Crippen LogP contribution in [-0.4, -0.2) is 52.4 Å². The van der Waals surface area contributed by atoms with Crippen molar-refractivity contribution in [1.82, 2.24) is 15.0 Å². The average molecular weight is 295 g/mol. The predicted octanol–water partition coefficient (Wildman–Crippen LogP) is 1.44. The summed E-state index contributed by atoms with van der Waals surface area (Å²) in [5, 5.41) is 12.7. The zero-order valence-corrected chi connectivity index (χ0v) is 12.9. The molecule has 1 aliphatic rings. The van der Waals surface area contributed by atoms with E-state index in [0.29, 0.717) is 24.5 Å². The molecule has 1 aliphatic heterocycles. The Balaban J connectivity index is 2.24. The Morgan fingerprint density at radius 2 is 2.14 bits per heavy atom. The van der Waals surface area contributed by atoms with Gasteiger partial charge in [0.2, 0.25) is 11.9 Å². The molecule has 1 aromatic heterocycles. The molecule has 0 aromatic carbocycles. The van der Waals surface area contributed by atoms with Gasteiger partial charge in [-0.15, -0.1) is 0 Å². The standard InChI is InChI=1S/C14H25N5O2/c1-3-8-15-12-16-13(18-14(17-12)21-4-2)19-9-6-5-7-11(19)10-20/h11,20H,3-10H2,1-2H3,(H,15,16,17,18). The molecular weight excluding hydrogens is 270 g/mol. The van der Waals surface area contributed by atoms with E-state index < -0.39 is 0 Å². The largest absolute Gasteiger partial charge is 0.464 e. The Morgan fingerprint density at radius 1 is 1.29 bits per heavy atom. The lowest BCUT2D eigenvalue weighted by molar-refractivity contribution is 0.238. The smallest absolute Gasteiger partial charge is 0.323 e. The van der Waals surface area contributed by atoms with Gasteiger partial charge in [-0.3, -0.25) is 0 Å². The number of rotatable bonds is 7. The fourth-order valence-electron chi connectivity index (χ4n) is 2.44. The van der Waals surface area contributed by atoms with E-state index in [0.717, 1.165) is 38.8 Å². The third kappa shape index (κ3) is 4.17. The van der Waals surface area contributed by atoms with Crippen LogP contribution in [0, 0.1) is 0 Å². The van der Waals surface area contributed by atoms with E-state index in [1.165, 1.54) is 0 Å². The molecule has 1 atom stereocenters. The summed E-state index contributed by atoms with van der Waals surface area (Å²) < 4.78 is 5.44. The molecule has 7 heteroatoms. The van der Waals surface area contributed by atoms with E-state index in [1.807, 2.05) is 6.92 Å². The van der Waals surface area contributed by atoms with Crippen LogP contribution < -0.4 is 15.0 Å². The topological polar surface area (TPSA) is 83.4 Å². The molecule has 0 bridgehead atoms. The first-order valence-electron chi connectivity index (χ1n) is 7.78. The summed E-state index contributed by atoms with van der Waals surface area (Å²) in [6, 6.07) is 0.415. The number of aliphatic hydroxyl groups excluding tert-OH is 1. The number of nitrogens with zero attached hydrogens (tertiary/aromatic N) is 4. The minimum atomic E-state index is 0.0784. The first-order valence-corrected chi connectivity index (χ1v) is 7.78. The van der Waals surface area contributed by atoms with Crippen molar-refractivity contribution < 1.29 is 9.84 Å². The Labute approximate surface area is 125 Å². The van der Waals surface area contributed by atoms with Crippen molar-refractivity contribution >= 4 is 11.9 Å². The van der Waals surface area contributed by atoms with Crippen LogP contribution in [0.15, 0.2) is 0 Å².